The molecule has 0 saturated carbocycles. The molecule has 1 unspecified atom stereocenters. The van der Waals surface area contributed by atoms with Gasteiger partial charge in [0.15, 0.2) is 6.04 Å². The van der Waals surface area contributed by atoms with Crippen LogP contribution < -0.4 is 0 Å². The average Bonchev–Trinajstić information content (AvgIpc) is 2.97. The first-order valence-electron chi connectivity index (χ1n) is 7.21. The Morgan fingerprint density at radius 2 is 1.96 bits per heavy atom. The van der Waals surface area contributed by atoms with Gasteiger partial charge in [-0.2, -0.15) is 0 Å². The molecule has 0 bridgehead atoms. The van der Waals surface area contributed by atoms with Crippen molar-refractivity contribution in [3.63, 3.8) is 0 Å². The average molecular weight is 311 g/mol. The quantitative estimate of drug-likeness (QED) is 0.874. The van der Waals surface area contributed by atoms with Gasteiger partial charge in [-0.25, -0.2) is 4.79 Å². The number of hydrogen-bond acceptors (Lipinski definition) is 4. The topological polar surface area (TPSA) is 75.4 Å². The van der Waals surface area contributed by atoms with E-state index in [-0.39, 0.29) is 11.6 Å². The highest BCUT2D eigenvalue weighted by molar-refractivity contribution is 6.22. The number of aromatic nitrogens is 1. The lowest BCUT2D eigenvalue weighted by atomic mass is 9.97. The molecule has 0 spiro atoms. The number of carbonyl (C=O) groups excluding carboxylic acids is 2. The minimum Gasteiger partial charge on any atom is -0.467 e. The predicted octanol–water partition coefficient (Wildman–Crippen LogP) is 1.53. The van der Waals surface area contributed by atoms with Crippen LogP contribution in [0.15, 0.2) is 42.6 Å². The molecule has 2 aromatic rings. The first kappa shape index (κ1) is 15.0. The molecule has 2 heterocycles. The number of nitrogens with zero attached hydrogens (tertiary/aromatic N) is 2. The molecule has 0 aliphatic carbocycles. The van der Waals surface area contributed by atoms with Crippen LogP contribution in [0.25, 0.3) is 0 Å². The predicted molar refractivity (Wildman–Crippen MR) is 84.7 cm³/mol. The van der Waals surface area contributed by atoms with Crippen LogP contribution in [0.4, 0.5) is 0 Å². The third kappa shape index (κ3) is 2.42. The van der Waals surface area contributed by atoms with Crippen LogP contribution in [0, 0.1) is 5.41 Å². The summed E-state index contributed by atoms with van der Waals surface area (Å²) in [5.41, 5.74) is 2.06. The van der Waals surface area contributed by atoms with Crippen molar-refractivity contribution in [1.29, 1.82) is 5.41 Å². The van der Waals surface area contributed by atoms with E-state index in [1.54, 1.807) is 12.3 Å². The van der Waals surface area contributed by atoms with E-state index in [1.807, 2.05) is 34.9 Å². The standard InChI is InChI=1S/C17H17N3O3/c1-19-15(17(22)23-2)13(18)12-8-9-20(14(12)16(19)21)10-11-6-4-3-5-7-11/h3-9,15,18H,10H2,1-2H3. The normalized spacial score (nSPS) is 17.1. The molecule has 1 N–H and O–H groups in total. The number of methoxy groups -OCH3 is 1. The van der Waals surface area contributed by atoms with E-state index >= 15 is 0 Å². The van der Waals surface area contributed by atoms with Gasteiger partial charge in [0.1, 0.15) is 5.69 Å². The first-order chi connectivity index (χ1) is 11.0. The van der Waals surface area contributed by atoms with Gasteiger partial charge < -0.3 is 19.6 Å². The Morgan fingerprint density at radius 1 is 1.26 bits per heavy atom. The fourth-order valence-electron chi connectivity index (χ4n) is 2.85. The third-order valence-electron chi connectivity index (χ3n) is 4.06. The van der Waals surface area contributed by atoms with Gasteiger partial charge in [0.05, 0.1) is 12.8 Å². The number of benzene rings is 1. The van der Waals surface area contributed by atoms with Crippen molar-refractivity contribution in [2.75, 3.05) is 14.2 Å². The van der Waals surface area contributed by atoms with E-state index in [4.69, 9.17) is 10.1 Å². The van der Waals surface area contributed by atoms with Gasteiger partial charge in [0, 0.05) is 25.4 Å². The lowest BCUT2D eigenvalue weighted by Crippen LogP contribution is -2.52. The van der Waals surface area contributed by atoms with E-state index in [9.17, 15) is 9.59 Å². The van der Waals surface area contributed by atoms with Gasteiger partial charge in [-0.05, 0) is 11.6 Å². The van der Waals surface area contributed by atoms with E-state index in [0.29, 0.717) is 17.8 Å². The van der Waals surface area contributed by atoms with Gasteiger partial charge >= 0.3 is 5.97 Å². The van der Waals surface area contributed by atoms with E-state index < -0.39 is 12.0 Å². The highest BCUT2D eigenvalue weighted by atomic mass is 16.5. The zero-order valence-corrected chi connectivity index (χ0v) is 12.9. The molecule has 1 aliphatic rings. The van der Waals surface area contributed by atoms with E-state index in [1.165, 1.54) is 19.1 Å². The molecule has 1 aliphatic heterocycles. The summed E-state index contributed by atoms with van der Waals surface area (Å²) in [4.78, 5) is 25.8. The van der Waals surface area contributed by atoms with E-state index in [2.05, 4.69) is 0 Å². The number of hydrogen-bond donors (Lipinski definition) is 1. The highest BCUT2D eigenvalue weighted by Crippen LogP contribution is 2.25. The molecule has 1 aromatic heterocycles. The Kier molecular flexibility index (Phi) is 3.73. The van der Waals surface area contributed by atoms with Gasteiger partial charge in [-0.3, -0.25) is 4.79 Å². The van der Waals surface area contributed by atoms with Crippen molar-refractivity contribution < 1.29 is 14.3 Å². The van der Waals surface area contributed by atoms with Crippen molar-refractivity contribution >= 4 is 17.6 Å². The van der Waals surface area contributed by atoms with Gasteiger partial charge in [-0.15, -0.1) is 0 Å². The summed E-state index contributed by atoms with van der Waals surface area (Å²) in [6, 6.07) is 10.5. The molecule has 0 saturated heterocycles. The maximum atomic E-state index is 12.7. The number of ether oxygens (including phenoxy) is 1. The van der Waals surface area contributed by atoms with Crippen molar-refractivity contribution in [2.24, 2.45) is 0 Å². The molecule has 1 amide bonds. The van der Waals surface area contributed by atoms with Crippen LogP contribution in [0.2, 0.25) is 0 Å². The number of esters is 1. The van der Waals surface area contributed by atoms with Crippen LogP contribution >= 0.6 is 0 Å². The molecule has 0 radical (unpaired) electrons. The van der Waals surface area contributed by atoms with Crippen LogP contribution in [0.5, 0.6) is 0 Å². The monoisotopic (exact) mass is 311 g/mol. The van der Waals surface area contributed by atoms with Crippen LogP contribution in [-0.2, 0) is 16.1 Å². The number of rotatable bonds is 3. The third-order valence-corrected chi connectivity index (χ3v) is 4.06. The lowest BCUT2D eigenvalue weighted by Gasteiger charge is -2.31. The lowest BCUT2D eigenvalue weighted by molar-refractivity contribution is -0.143. The largest absolute Gasteiger partial charge is 0.467 e. The van der Waals surface area contributed by atoms with Gasteiger partial charge in [0.2, 0.25) is 0 Å². The first-order valence-corrected chi connectivity index (χ1v) is 7.21. The Labute approximate surface area is 133 Å². The van der Waals surface area contributed by atoms with Gasteiger partial charge in [-0.1, -0.05) is 30.3 Å². The SMILES string of the molecule is COC(=O)C1C(=N)c2ccn(Cc3ccccc3)c2C(=O)N1C. The second-order valence-corrected chi connectivity index (χ2v) is 5.45. The molecular formula is C17H17N3O3. The van der Waals surface area contributed by atoms with E-state index in [0.717, 1.165) is 5.56 Å². The summed E-state index contributed by atoms with van der Waals surface area (Å²) < 4.78 is 6.53. The maximum Gasteiger partial charge on any atom is 0.334 e. The van der Waals surface area contributed by atoms with Gasteiger partial charge in [0.25, 0.3) is 5.91 Å². The molecule has 6 nitrogen and oxygen atoms in total. The molecular weight excluding hydrogens is 294 g/mol. The molecule has 0 fully saturated rings. The molecule has 6 heteroatoms. The fraction of sp³-hybridized carbons (Fsp3) is 0.235. The summed E-state index contributed by atoms with van der Waals surface area (Å²) >= 11 is 0. The summed E-state index contributed by atoms with van der Waals surface area (Å²) in [5.74, 6) is -0.889. The summed E-state index contributed by atoms with van der Waals surface area (Å²) in [6.07, 6.45) is 1.78. The Hall–Kier alpha value is -2.89. The maximum absolute atomic E-state index is 12.7. The van der Waals surface area contributed by atoms with Crippen molar-refractivity contribution in [3.05, 3.63) is 59.4 Å². The second-order valence-electron chi connectivity index (χ2n) is 5.45. The molecule has 1 atom stereocenters. The van der Waals surface area contributed by atoms with Crippen LogP contribution in [0.1, 0.15) is 21.6 Å². The number of likely N-dealkylation sites (N-methyl/N-ethyl adjacent to an activating group) is 1. The molecule has 118 valence electrons. The van der Waals surface area contributed by atoms with Crippen molar-refractivity contribution in [3.8, 4) is 0 Å². The highest BCUT2D eigenvalue weighted by Gasteiger charge is 2.41. The second kappa shape index (κ2) is 5.72. The fourth-order valence-corrected chi connectivity index (χ4v) is 2.85. The summed E-state index contributed by atoms with van der Waals surface area (Å²) in [7, 11) is 2.77. The zero-order chi connectivity index (χ0) is 16.6. The zero-order valence-electron chi connectivity index (χ0n) is 12.9. The molecule has 23 heavy (non-hydrogen) atoms. The minimum atomic E-state index is -0.993. The number of carbonyl (C=O) groups is 2. The van der Waals surface area contributed by atoms with Crippen molar-refractivity contribution in [1.82, 2.24) is 9.47 Å². The van der Waals surface area contributed by atoms with Crippen molar-refractivity contribution in [2.45, 2.75) is 12.6 Å². The Morgan fingerprint density at radius 3 is 2.61 bits per heavy atom. The smallest absolute Gasteiger partial charge is 0.334 e. The Balaban J connectivity index is 2.01. The molecule has 3 rings (SSSR count). The number of amides is 1. The molecule has 1 aromatic carbocycles. The summed E-state index contributed by atoms with van der Waals surface area (Å²) in [6.45, 7) is 0.534. The number of fused-ring (bicyclic) bond motifs is 1. The Bertz CT molecular complexity index is 780. The number of nitrogens with one attached hydrogen (secondary N) is 1. The minimum absolute atomic E-state index is 0.0840. The summed E-state index contributed by atoms with van der Waals surface area (Å²) in [5, 5.41) is 8.27. The van der Waals surface area contributed by atoms with Crippen LogP contribution in [-0.4, -0.2) is 47.3 Å². The van der Waals surface area contributed by atoms with Crippen LogP contribution in [0.3, 0.4) is 0 Å².